The van der Waals surface area contributed by atoms with Gasteiger partial charge in [-0.2, -0.15) is 0 Å². The Morgan fingerprint density at radius 3 is 2.33 bits per heavy atom. The number of nitrogens with one attached hydrogen (secondary N) is 1. The molecule has 0 aliphatic heterocycles. The third-order valence-electron chi connectivity index (χ3n) is 3.88. The van der Waals surface area contributed by atoms with Crippen LogP contribution >= 0.6 is 0 Å². The number of ether oxygens (including phenoxy) is 1. The highest BCUT2D eigenvalue weighted by molar-refractivity contribution is 5.91. The summed E-state index contributed by atoms with van der Waals surface area (Å²) in [6.07, 6.45) is 1.67. The van der Waals surface area contributed by atoms with Crippen LogP contribution in [0.3, 0.4) is 0 Å². The number of benzene rings is 1. The van der Waals surface area contributed by atoms with E-state index in [1.54, 1.807) is 6.20 Å². The number of pyridine rings is 1. The average Bonchev–Trinajstić information content (AvgIpc) is 2.57. The molecule has 0 atom stereocenters. The second-order valence-corrected chi connectivity index (χ2v) is 5.64. The van der Waals surface area contributed by atoms with E-state index in [9.17, 15) is 4.79 Å². The van der Waals surface area contributed by atoms with Gasteiger partial charge in [-0.05, 0) is 51.0 Å². The number of rotatable bonds is 7. The highest BCUT2D eigenvalue weighted by Crippen LogP contribution is 2.22. The molecule has 0 saturated carbocycles. The van der Waals surface area contributed by atoms with Crippen molar-refractivity contribution in [3.05, 3.63) is 47.7 Å². The maximum atomic E-state index is 12.1. The minimum Gasteiger partial charge on any atom is -0.483 e. The van der Waals surface area contributed by atoms with Crippen LogP contribution in [0.15, 0.2) is 36.5 Å². The van der Waals surface area contributed by atoms with Crippen molar-refractivity contribution in [2.24, 2.45) is 0 Å². The number of carbonyl (C=O) groups is 1. The summed E-state index contributed by atoms with van der Waals surface area (Å²) >= 11 is 0. The molecule has 1 amide bonds. The van der Waals surface area contributed by atoms with Crippen molar-refractivity contribution in [2.75, 3.05) is 29.9 Å². The van der Waals surface area contributed by atoms with Crippen LogP contribution in [-0.2, 0) is 4.79 Å². The number of para-hydroxylation sites is 1. The van der Waals surface area contributed by atoms with Crippen molar-refractivity contribution in [3.63, 3.8) is 0 Å². The van der Waals surface area contributed by atoms with Gasteiger partial charge in [0, 0.05) is 13.1 Å². The molecule has 24 heavy (non-hydrogen) atoms. The largest absolute Gasteiger partial charge is 0.483 e. The number of carbonyl (C=O) groups excluding carboxylic acids is 1. The molecule has 5 nitrogen and oxygen atoms in total. The first-order chi connectivity index (χ1) is 11.5. The normalized spacial score (nSPS) is 10.3. The Kier molecular flexibility index (Phi) is 6.18. The molecule has 2 aromatic rings. The fraction of sp³-hybridized carbons (Fsp3) is 0.368. The van der Waals surface area contributed by atoms with Gasteiger partial charge in [0.2, 0.25) is 0 Å². The molecule has 0 aliphatic rings. The molecular weight excluding hydrogens is 302 g/mol. The second kappa shape index (κ2) is 8.34. The number of amides is 1. The quantitative estimate of drug-likeness (QED) is 0.845. The monoisotopic (exact) mass is 327 g/mol. The number of anilines is 2. The lowest BCUT2D eigenvalue weighted by atomic mass is 10.1. The van der Waals surface area contributed by atoms with Crippen LogP contribution in [0.1, 0.15) is 25.0 Å². The summed E-state index contributed by atoms with van der Waals surface area (Å²) in [5.74, 6) is 1.47. The standard InChI is InChI=1S/C19H25N3O2/c1-5-22(6-2)17-11-10-16(12-20-17)21-18(23)13-24-19-14(3)8-7-9-15(19)4/h7-12H,5-6,13H2,1-4H3,(H,21,23). The molecule has 2 rings (SSSR count). The molecule has 0 saturated heterocycles. The smallest absolute Gasteiger partial charge is 0.262 e. The molecule has 1 aromatic carbocycles. The molecule has 0 spiro atoms. The van der Waals surface area contributed by atoms with Gasteiger partial charge < -0.3 is 15.0 Å². The molecule has 5 heteroatoms. The molecule has 0 radical (unpaired) electrons. The summed E-state index contributed by atoms with van der Waals surface area (Å²) in [6.45, 7) is 9.89. The lowest BCUT2D eigenvalue weighted by molar-refractivity contribution is -0.118. The van der Waals surface area contributed by atoms with Crippen molar-refractivity contribution in [2.45, 2.75) is 27.7 Å². The Balaban J connectivity index is 1.93. The van der Waals surface area contributed by atoms with Gasteiger partial charge >= 0.3 is 0 Å². The van der Waals surface area contributed by atoms with E-state index < -0.39 is 0 Å². The van der Waals surface area contributed by atoms with Crippen molar-refractivity contribution in [1.29, 1.82) is 0 Å². The molecule has 128 valence electrons. The molecule has 1 heterocycles. The van der Waals surface area contributed by atoms with Gasteiger partial charge in [0.1, 0.15) is 11.6 Å². The third-order valence-corrected chi connectivity index (χ3v) is 3.88. The van der Waals surface area contributed by atoms with Crippen LogP contribution in [-0.4, -0.2) is 30.6 Å². The SMILES string of the molecule is CCN(CC)c1ccc(NC(=O)COc2c(C)cccc2C)cn1. The van der Waals surface area contributed by atoms with E-state index in [-0.39, 0.29) is 12.5 Å². The highest BCUT2D eigenvalue weighted by atomic mass is 16.5. The number of nitrogens with zero attached hydrogens (tertiary/aromatic N) is 2. The van der Waals surface area contributed by atoms with E-state index in [1.165, 1.54) is 0 Å². The van der Waals surface area contributed by atoms with E-state index in [0.29, 0.717) is 5.69 Å². The van der Waals surface area contributed by atoms with Gasteiger partial charge in [-0.25, -0.2) is 4.98 Å². The fourth-order valence-electron chi connectivity index (χ4n) is 2.56. The second-order valence-electron chi connectivity index (χ2n) is 5.64. The van der Waals surface area contributed by atoms with Crippen LogP contribution in [0.5, 0.6) is 5.75 Å². The lowest BCUT2D eigenvalue weighted by Gasteiger charge is -2.19. The van der Waals surface area contributed by atoms with Crippen LogP contribution in [0.25, 0.3) is 0 Å². The summed E-state index contributed by atoms with van der Waals surface area (Å²) in [5, 5.41) is 2.81. The van der Waals surface area contributed by atoms with Crippen molar-refractivity contribution in [1.82, 2.24) is 4.98 Å². The highest BCUT2D eigenvalue weighted by Gasteiger charge is 2.08. The van der Waals surface area contributed by atoms with Crippen LogP contribution in [0.4, 0.5) is 11.5 Å². The van der Waals surface area contributed by atoms with Crippen molar-refractivity contribution in [3.8, 4) is 5.75 Å². The zero-order chi connectivity index (χ0) is 17.5. The first kappa shape index (κ1) is 17.8. The van der Waals surface area contributed by atoms with Crippen molar-refractivity contribution < 1.29 is 9.53 Å². The maximum absolute atomic E-state index is 12.1. The minimum atomic E-state index is -0.199. The lowest BCUT2D eigenvalue weighted by Crippen LogP contribution is -2.23. The summed E-state index contributed by atoms with van der Waals surface area (Å²) in [5.41, 5.74) is 2.71. The molecule has 0 bridgehead atoms. The minimum absolute atomic E-state index is 0.0243. The Bertz CT molecular complexity index is 659. The number of aromatic nitrogens is 1. The zero-order valence-corrected chi connectivity index (χ0v) is 14.8. The third kappa shape index (κ3) is 4.47. The molecule has 0 aliphatic carbocycles. The Morgan fingerprint density at radius 2 is 1.79 bits per heavy atom. The van der Waals surface area contributed by atoms with Gasteiger partial charge in [0.05, 0.1) is 11.9 Å². The summed E-state index contributed by atoms with van der Waals surface area (Å²) in [7, 11) is 0. The average molecular weight is 327 g/mol. The van der Waals surface area contributed by atoms with Crippen molar-refractivity contribution >= 4 is 17.4 Å². The first-order valence-electron chi connectivity index (χ1n) is 8.25. The summed E-state index contributed by atoms with van der Waals surface area (Å²) in [6, 6.07) is 9.68. The van der Waals surface area contributed by atoms with E-state index >= 15 is 0 Å². The molecule has 0 fully saturated rings. The summed E-state index contributed by atoms with van der Waals surface area (Å²) in [4.78, 5) is 18.6. The Hall–Kier alpha value is -2.56. The molecule has 1 aromatic heterocycles. The van der Waals surface area contributed by atoms with Crippen LogP contribution in [0.2, 0.25) is 0 Å². The van der Waals surface area contributed by atoms with E-state index in [2.05, 4.69) is 29.0 Å². The predicted octanol–water partition coefficient (Wildman–Crippen LogP) is 3.56. The number of hydrogen-bond acceptors (Lipinski definition) is 4. The van der Waals surface area contributed by atoms with Crippen LogP contribution in [0, 0.1) is 13.8 Å². The Labute approximate surface area is 143 Å². The van der Waals surface area contributed by atoms with E-state index in [0.717, 1.165) is 35.8 Å². The van der Waals surface area contributed by atoms with Gasteiger partial charge in [-0.3, -0.25) is 4.79 Å². The van der Waals surface area contributed by atoms with Crippen LogP contribution < -0.4 is 15.0 Å². The van der Waals surface area contributed by atoms with Gasteiger partial charge in [0.25, 0.3) is 5.91 Å². The van der Waals surface area contributed by atoms with Gasteiger partial charge in [-0.15, -0.1) is 0 Å². The predicted molar refractivity (Wildman–Crippen MR) is 97.8 cm³/mol. The zero-order valence-electron chi connectivity index (χ0n) is 14.8. The molecule has 1 N–H and O–H groups in total. The topological polar surface area (TPSA) is 54.5 Å². The first-order valence-corrected chi connectivity index (χ1v) is 8.25. The number of hydrogen-bond donors (Lipinski definition) is 1. The van der Waals surface area contributed by atoms with E-state index in [1.807, 2.05) is 44.2 Å². The van der Waals surface area contributed by atoms with E-state index in [4.69, 9.17) is 4.74 Å². The number of aryl methyl sites for hydroxylation is 2. The van der Waals surface area contributed by atoms with Gasteiger partial charge in [-0.1, -0.05) is 18.2 Å². The summed E-state index contributed by atoms with van der Waals surface area (Å²) < 4.78 is 5.66. The molecular formula is C19H25N3O2. The fourth-order valence-corrected chi connectivity index (χ4v) is 2.56. The maximum Gasteiger partial charge on any atom is 0.262 e. The Morgan fingerprint density at radius 1 is 1.12 bits per heavy atom. The molecule has 0 unspecified atom stereocenters. The van der Waals surface area contributed by atoms with Gasteiger partial charge in [0.15, 0.2) is 6.61 Å².